The molecule has 0 spiro atoms. The summed E-state index contributed by atoms with van der Waals surface area (Å²) in [7, 11) is 1.33. The second kappa shape index (κ2) is 10.8. The van der Waals surface area contributed by atoms with Gasteiger partial charge in [-0.15, -0.1) is 0 Å². The Labute approximate surface area is 191 Å². The van der Waals surface area contributed by atoms with E-state index in [1.807, 2.05) is 58.9 Å². The summed E-state index contributed by atoms with van der Waals surface area (Å²) >= 11 is 0. The number of methoxy groups -OCH3 is 1. The van der Waals surface area contributed by atoms with Gasteiger partial charge in [0, 0.05) is 18.4 Å². The summed E-state index contributed by atoms with van der Waals surface area (Å²) in [6.45, 7) is 9.97. The topological polar surface area (TPSA) is 93.7 Å². The molecular weight excluding hydrogens is 408 g/mol. The maximum Gasteiger partial charge on any atom is 0.407 e. The fourth-order valence-corrected chi connectivity index (χ4v) is 3.92. The van der Waals surface area contributed by atoms with E-state index < -0.39 is 29.1 Å². The molecule has 1 fully saturated rings. The van der Waals surface area contributed by atoms with E-state index in [1.165, 1.54) is 7.11 Å². The molecule has 1 saturated carbocycles. The number of ether oxygens (including phenoxy) is 2. The van der Waals surface area contributed by atoms with Crippen LogP contribution in [0.3, 0.4) is 0 Å². The number of amides is 2. The first-order valence-corrected chi connectivity index (χ1v) is 11.3. The van der Waals surface area contributed by atoms with Crippen LogP contribution >= 0.6 is 0 Å². The van der Waals surface area contributed by atoms with Crippen molar-refractivity contribution >= 4 is 18.0 Å². The number of carbonyl (C=O) groups is 3. The van der Waals surface area contributed by atoms with E-state index in [0.29, 0.717) is 31.7 Å². The molecule has 1 aliphatic carbocycles. The number of rotatable bonds is 7. The molecule has 0 saturated heterocycles. The van der Waals surface area contributed by atoms with E-state index >= 15 is 0 Å². The summed E-state index contributed by atoms with van der Waals surface area (Å²) in [4.78, 5) is 37.3. The van der Waals surface area contributed by atoms with Crippen LogP contribution in [0.1, 0.15) is 64.5 Å². The van der Waals surface area contributed by atoms with E-state index in [4.69, 9.17) is 9.47 Å². The number of aryl methyl sites for hydroxylation is 1. The Balaban J connectivity index is 1.90. The van der Waals surface area contributed by atoms with Crippen molar-refractivity contribution in [3.63, 3.8) is 0 Å². The predicted molar refractivity (Wildman–Crippen MR) is 123 cm³/mol. The number of nitrogens with one attached hydrogen (secondary N) is 2. The van der Waals surface area contributed by atoms with Crippen LogP contribution in [0.15, 0.2) is 24.3 Å². The van der Waals surface area contributed by atoms with Crippen molar-refractivity contribution in [1.82, 2.24) is 10.6 Å². The molecule has 2 N–H and O–H groups in total. The van der Waals surface area contributed by atoms with Crippen LogP contribution in [-0.4, -0.2) is 43.3 Å². The number of benzene rings is 1. The fourth-order valence-electron chi connectivity index (χ4n) is 3.92. The van der Waals surface area contributed by atoms with Gasteiger partial charge >= 0.3 is 12.1 Å². The van der Waals surface area contributed by atoms with Gasteiger partial charge in [0.05, 0.1) is 7.11 Å². The molecule has 1 atom stereocenters. The van der Waals surface area contributed by atoms with E-state index in [1.54, 1.807) is 0 Å². The van der Waals surface area contributed by atoms with E-state index in [9.17, 15) is 14.4 Å². The average molecular weight is 447 g/mol. The van der Waals surface area contributed by atoms with Crippen molar-refractivity contribution in [3.8, 4) is 0 Å². The summed E-state index contributed by atoms with van der Waals surface area (Å²) < 4.78 is 10.2. The molecular formula is C25H38N2O5. The largest absolute Gasteiger partial charge is 0.467 e. The highest BCUT2D eigenvalue weighted by Crippen LogP contribution is 2.38. The van der Waals surface area contributed by atoms with Crippen molar-refractivity contribution in [2.45, 2.75) is 78.4 Å². The molecule has 32 heavy (non-hydrogen) atoms. The minimum Gasteiger partial charge on any atom is -0.467 e. The Bertz CT molecular complexity index is 790. The first-order valence-electron chi connectivity index (χ1n) is 11.3. The maximum absolute atomic E-state index is 13.1. The highest BCUT2D eigenvalue weighted by molar-refractivity contribution is 5.88. The molecule has 1 unspecified atom stereocenters. The van der Waals surface area contributed by atoms with Crippen LogP contribution in [-0.2, 0) is 25.5 Å². The highest BCUT2D eigenvalue weighted by atomic mass is 16.6. The summed E-state index contributed by atoms with van der Waals surface area (Å²) in [5.41, 5.74) is 1.02. The van der Waals surface area contributed by atoms with Gasteiger partial charge in [0.1, 0.15) is 11.6 Å². The van der Waals surface area contributed by atoms with Crippen LogP contribution in [0.4, 0.5) is 4.79 Å². The zero-order valence-electron chi connectivity index (χ0n) is 20.2. The van der Waals surface area contributed by atoms with Gasteiger partial charge in [0.2, 0.25) is 5.91 Å². The van der Waals surface area contributed by atoms with Crippen molar-refractivity contribution in [1.29, 1.82) is 0 Å². The quantitative estimate of drug-likeness (QED) is 0.619. The van der Waals surface area contributed by atoms with Crippen molar-refractivity contribution in [3.05, 3.63) is 35.4 Å². The minimum absolute atomic E-state index is 0.126. The number of esters is 1. The van der Waals surface area contributed by atoms with Crippen molar-refractivity contribution < 1.29 is 23.9 Å². The maximum atomic E-state index is 13.1. The minimum atomic E-state index is -0.724. The molecule has 178 valence electrons. The Morgan fingerprint density at radius 3 is 2.25 bits per heavy atom. The number of hydrogen-bond donors (Lipinski definition) is 2. The van der Waals surface area contributed by atoms with Crippen molar-refractivity contribution in [2.24, 2.45) is 11.3 Å². The van der Waals surface area contributed by atoms with E-state index in [0.717, 1.165) is 24.0 Å². The summed E-state index contributed by atoms with van der Waals surface area (Å²) in [6.07, 6.45) is 2.99. The Kier molecular flexibility index (Phi) is 8.70. The number of alkyl carbamates (subject to hydrolysis) is 1. The Hall–Kier alpha value is -2.57. The van der Waals surface area contributed by atoms with Gasteiger partial charge in [-0.25, -0.2) is 9.59 Å². The second-order valence-electron chi connectivity index (χ2n) is 10.1. The molecule has 2 amide bonds. The first kappa shape index (κ1) is 25.7. The normalized spacial score (nSPS) is 21.9. The third-order valence-corrected chi connectivity index (χ3v) is 6.04. The average Bonchev–Trinajstić information content (AvgIpc) is 2.72. The molecule has 7 heteroatoms. The molecule has 7 nitrogen and oxygen atoms in total. The molecule has 0 aliphatic heterocycles. The molecule has 0 heterocycles. The highest BCUT2D eigenvalue weighted by Gasteiger charge is 2.39. The summed E-state index contributed by atoms with van der Waals surface area (Å²) in [6, 6.07) is 7.17. The molecule has 0 bridgehead atoms. The van der Waals surface area contributed by atoms with Crippen LogP contribution in [0.25, 0.3) is 0 Å². The summed E-state index contributed by atoms with van der Waals surface area (Å²) in [5, 5.41) is 5.76. The number of carbonyl (C=O) groups excluding carboxylic acids is 3. The third kappa shape index (κ3) is 7.84. The smallest absolute Gasteiger partial charge is 0.407 e. The standard InChI is InChI=1S/C25H38N2O5/c1-17-7-9-18(10-8-17)15-20(21(28)31-6)27-22(29)25(5)13-11-19(12-14-25)16-26-23(30)32-24(2,3)4/h7-10,19-20H,11-16H2,1-6H3,(H,26,30)(H,27,29). The van der Waals surface area contributed by atoms with Crippen LogP contribution in [0.2, 0.25) is 0 Å². The fraction of sp³-hybridized carbons (Fsp3) is 0.640. The second-order valence-corrected chi connectivity index (χ2v) is 10.1. The van der Waals surface area contributed by atoms with Gasteiger partial charge in [-0.3, -0.25) is 4.79 Å². The molecule has 1 aliphatic rings. The molecule has 1 aromatic carbocycles. The molecule has 2 rings (SSSR count). The first-order chi connectivity index (χ1) is 14.9. The lowest BCUT2D eigenvalue weighted by Crippen LogP contribution is -2.50. The van der Waals surface area contributed by atoms with Gasteiger partial charge in [-0.05, 0) is 64.9 Å². The SMILES string of the molecule is COC(=O)C(Cc1ccc(C)cc1)NC(=O)C1(C)CCC(CNC(=O)OC(C)(C)C)CC1. The molecule has 0 radical (unpaired) electrons. The lowest BCUT2D eigenvalue weighted by Gasteiger charge is -2.37. The van der Waals surface area contributed by atoms with Crippen LogP contribution in [0.5, 0.6) is 0 Å². The third-order valence-electron chi connectivity index (χ3n) is 6.04. The van der Waals surface area contributed by atoms with Crippen molar-refractivity contribution in [2.75, 3.05) is 13.7 Å². The lowest BCUT2D eigenvalue weighted by atomic mass is 9.71. The zero-order valence-corrected chi connectivity index (χ0v) is 20.2. The van der Waals surface area contributed by atoms with Crippen LogP contribution < -0.4 is 10.6 Å². The van der Waals surface area contributed by atoms with E-state index in [-0.39, 0.29) is 5.91 Å². The van der Waals surface area contributed by atoms with Gasteiger partial charge in [0.15, 0.2) is 0 Å². The monoisotopic (exact) mass is 446 g/mol. The Morgan fingerprint density at radius 1 is 1.12 bits per heavy atom. The Morgan fingerprint density at radius 2 is 1.72 bits per heavy atom. The summed E-state index contributed by atoms with van der Waals surface area (Å²) in [5.74, 6) is -0.274. The number of hydrogen-bond acceptors (Lipinski definition) is 5. The van der Waals surface area contributed by atoms with Gasteiger partial charge in [-0.1, -0.05) is 36.8 Å². The van der Waals surface area contributed by atoms with E-state index in [2.05, 4.69) is 10.6 Å². The lowest BCUT2D eigenvalue weighted by molar-refractivity contribution is -0.147. The molecule has 1 aromatic rings. The van der Waals surface area contributed by atoms with Gasteiger partial charge in [0.25, 0.3) is 0 Å². The predicted octanol–water partition coefficient (Wildman–Crippen LogP) is 3.92. The van der Waals surface area contributed by atoms with Gasteiger partial charge < -0.3 is 20.1 Å². The van der Waals surface area contributed by atoms with Crippen LogP contribution in [0, 0.1) is 18.3 Å². The zero-order chi connectivity index (χ0) is 23.9. The molecule has 0 aromatic heterocycles. The van der Waals surface area contributed by atoms with Gasteiger partial charge in [-0.2, -0.15) is 0 Å².